The van der Waals surface area contributed by atoms with Crippen LogP contribution in [0.2, 0.25) is 0 Å². The Bertz CT molecular complexity index is 422. The van der Waals surface area contributed by atoms with E-state index in [9.17, 15) is 9.59 Å². The molecular formula is C16H28N4O2. The Balaban J connectivity index is 1.42. The third-order valence-corrected chi connectivity index (χ3v) is 5.28. The van der Waals surface area contributed by atoms with Crippen molar-refractivity contribution in [3.05, 3.63) is 0 Å². The van der Waals surface area contributed by atoms with Gasteiger partial charge in [-0.3, -0.25) is 9.69 Å². The van der Waals surface area contributed by atoms with E-state index in [0.717, 1.165) is 25.4 Å². The molecule has 3 rings (SSSR count). The smallest absolute Gasteiger partial charge is 0.319 e. The molecule has 0 radical (unpaired) electrons. The summed E-state index contributed by atoms with van der Waals surface area (Å²) in [5, 5.41) is 3.11. The lowest BCUT2D eigenvalue weighted by Crippen LogP contribution is -2.45. The van der Waals surface area contributed by atoms with Gasteiger partial charge in [0.2, 0.25) is 5.91 Å². The molecule has 0 aromatic rings. The van der Waals surface area contributed by atoms with Gasteiger partial charge in [0.15, 0.2) is 0 Å². The van der Waals surface area contributed by atoms with E-state index in [-0.39, 0.29) is 24.5 Å². The Hall–Kier alpha value is -1.30. The number of urea groups is 1. The summed E-state index contributed by atoms with van der Waals surface area (Å²) in [4.78, 5) is 29.8. The van der Waals surface area contributed by atoms with Gasteiger partial charge in [0.25, 0.3) is 0 Å². The van der Waals surface area contributed by atoms with Crippen molar-refractivity contribution in [1.82, 2.24) is 20.0 Å². The molecule has 0 aromatic carbocycles. The molecular weight excluding hydrogens is 280 g/mol. The summed E-state index contributed by atoms with van der Waals surface area (Å²) < 4.78 is 0. The molecule has 22 heavy (non-hydrogen) atoms. The topological polar surface area (TPSA) is 55.9 Å². The fourth-order valence-electron chi connectivity index (χ4n) is 3.95. The number of hydrogen-bond acceptors (Lipinski definition) is 3. The number of nitrogens with zero attached hydrogens (tertiary/aromatic N) is 3. The zero-order valence-corrected chi connectivity index (χ0v) is 13.6. The van der Waals surface area contributed by atoms with Crippen LogP contribution in [-0.2, 0) is 4.79 Å². The van der Waals surface area contributed by atoms with E-state index in [1.807, 2.05) is 6.92 Å². The first kappa shape index (κ1) is 15.6. The fourth-order valence-corrected chi connectivity index (χ4v) is 3.95. The number of rotatable bonds is 4. The number of carbonyl (C=O) groups is 2. The summed E-state index contributed by atoms with van der Waals surface area (Å²) >= 11 is 0. The van der Waals surface area contributed by atoms with Crippen LogP contribution in [0.4, 0.5) is 4.79 Å². The number of nitrogens with one attached hydrogen (secondary N) is 1. The molecule has 3 amide bonds. The summed E-state index contributed by atoms with van der Waals surface area (Å²) in [6, 6.07) is 0.150. The van der Waals surface area contributed by atoms with Crippen LogP contribution in [0, 0.1) is 5.92 Å². The van der Waals surface area contributed by atoms with Crippen LogP contribution in [0.5, 0.6) is 0 Å². The molecule has 3 fully saturated rings. The van der Waals surface area contributed by atoms with Gasteiger partial charge < -0.3 is 15.1 Å². The highest BCUT2D eigenvalue weighted by atomic mass is 16.2. The number of amides is 3. The fraction of sp³-hybridized carbons (Fsp3) is 0.875. The highest BCUT2D eigenvalue weighted by Crippen LogP contribution is 2.26. The van der Waals surface area contributed by atoms with Crippen molar-refractivity contribution in [2.45, 2.75) is 45.1 Å². The molecule has 2 aliphatic heterocycles. The second-order valence-corrected chi connectivity index (χ2v) is 6.93. The molecule has 1 N–H and O–H groups in total. The molecule has 0 bridgehead atoms. The van der Waals surface area contributed by atoms with E-state index in [1.165, 1.54) is 32.2 Å². The molecule has 3 aliphatic rings. The van der Waals surface area contributed by atoms with Crippen LogP contribution in [0.15, 0.2) is 0 Å². The summed E-state index contributed by atoms with van der Waals surface area (Å²) in [5.74, 6) is 0.913. The Kier molecular flexibility index (Phi) is 4.86. The molecule has 1 atom stereocenters. The second kappa shape index (κ2) is 6.86. The van der Waals surface area contributed by atoms with E-state index in [2.05, 4.69) is 10.2 Å². The van der Waals surface area contributed by atoms with Crippen LogP contribution in [-0.4, -0.2) is 72.1 Å². The molecule has 1 saturated carbocycles. The number of likely N-dealkylation sites (tertiary alicyclic amines) is 1. The highest BCUT2D eigenvalue weighted by Gasteiger charge is 2.32. The molecule has 1 aliphatic carbocycles. The van der Waals surface area contributed by atoms with Gasteiger partial charge >= 0.3 is 6.03 Å². The van der Waals surface area contributed by atoms with Gasteiger partial charge in [0, 0.05) is 32.2 Å². The van der Waals surface area contributed by atoms with E-state index in [1.54, 1.807) is 9.80 Å². The molecule has 1 unspecified atom stereocenters. The molecule has 0 aromatic heterocycles. The van der Waals surface area contributed by atoms with Gasteiger partial charge in [-0.1, -0.05) is 12.8 Å². The normalized spacial score (nSPS) is 27.1. The Morgan fingerprint density at radius 1 is 1.27 bits per heavy atom. The quantitative estimate of drug-likeness (QED) is 0.845. The Morgan fingerprint density at radius 2 is 2.05 bits per heavy atom. The molecule has 6 heteroatoms. The Morgan fingerprint density at radius 3 is 2.73 bits per heavy atom. The first-order valence-corrected chi connectivity index (χ1v) is 8.71. The van der Waals surface area contributed by atoms with Crippen LogP contribution in [0.1, 0.15) is 39.0 Å². The van der Waals surface area contributed by atoms with E-state index < -0.39 is 0 Å². The largest absolute Gasteiger partial charge is 0.334 e. The summed E-state index contributed by atoms with van der Waals surface area (Å²) in [6.07, 6.45) is 6.54. The van der Waals surface area contributed by atoms with Crippen molar-refractivity contribution in [3.63, 3.8) is 0 Å². The lowest BCUT2D eigenvalue weighted by Gasteiger charge is -2.22. The maximum Gasteiger partial charge on any atom is 0.319 e. The first-order valence-electron chi connectivity index (χ1n) is 8.71. The van der Waals surface area contributed by atoms with Gasteiger partial charge in [0.05, 0.1) is 6.67 Å². The van der Waals surface area contributed by atoms with Crippen LogP contribution in [0.25, 0.3) is 0 Å². The average Bonchev–Trinajstić information content (AvgIpc) is 3.21. The first-order chi connectivity index (χ1) is 10.7. The summed E-state index contributed by atoms with van der Waals surface area (Å²) in [7, 11) is 0. The molecule has 124 valence electrons. The third-order valence-electron chi connectivity index (χ3n) is 5.28. The minimum atomic E-state index is -0.0861. The van der Waals surface area contributed by atoms with E-state index in [0.29, 0.717) is 13.2 Å². The van der Waals surface area contributed by atoms with Crippen molar-refractivity contribution in [2.24, 2.45) is 5.92 Å². The standard InChI is InChI=1S/C16H28N4O2/c1-2-19-12-20(11-15(19)21)16(22)17-14-7-8-18(10-14)9-13-5-3-4-6-13/h13-14H,2-12H2,1H3,(H,17,22). The van der Waals surface area contributed by atoms with E-state index >= 15 is 0 Å². The zero-order chi connectivity index (χ0) is 15.5. The molecule has 2 heterocycles. The van der Waals surface area contributed by atoms with Crippen LogP contribution in [0.3, 0.4) is 0 Å². The van der Waals surface area contributed by atoms with Gasteiger partial charge in [-0.05, 0) is 32.1 Å². The predicted octanol–water partition coefficient (Wildman–Crippen LogP) is 1.08. The number of likely N-dealkylation sites (N-methyl/N-ethyl adjacent to an activating group) is 1. The highest BCUT2D eigenvalue weighted by molar-refractivity contribution is 5.87. The molecule has 2 saturated heterocycles. The number of carbonyl (C=O) groups excluding carboxylic acids is 2. The van der Waals surface area contributed by atoms with Crippen LogP contribution >= 0.6 is 0 Å². The SMILES string of the molecule is CCN1CN(C(=O)NC2CCN(CC3CCCC3)C2)CC1=O. The maximum atomic E-state index is 12.3. The van der Waals surface area contributed by atoms with E-state index in [4.69, 9.17) is 0 Å². The van der Waals surface area contributed by atoms with Gasteiger partial charge in [-0.15, -0.1) is 0 Å². The third kappa shape index (κ3) is 3.54. The van der Waals surface area contributed by atoms with Crippen molar-refractivity contribution in [2.75, 3.05) is 39.4 Å². The van der Waals surface area contributed by atoms with Crippen LogP contribution < -0.4 is 5.32 Å². The van der Waals surface area contributed by atoms with Gasteiger partial charge in [0.1, 0.15) is 6.54 Å². The van der Waals surface area contributed by atoms with Gasteiger partial charge in [-0.25, -0.2) is 4.79 Å². The number of hydrogen-bond donors (Lipinski definition) is 1. The van der Waals surface area contributed by atoms with Crippen molar-refractivity contribution in [1.29, 1.82) is 0 Å². The lowest BCUT2D eigenvalue weighted by atomic mass is 10.1. The maximum absolute atomic E-state index is 12.3. The van der Waals surface area contributed by atoms with Crippen molar-refractivity contribution in [3.8, 4) is 0 Å². The summed E-state index contributed by atoms with van der Waals surface area (Å²) in [5.41, 5.74) is 0. The predicted molar refractivity (Wildman–Crippen MR) is 84.3 cm³/mol. The second-order valence-electron chi connectivity index (χ2n) is 6.93. The van der Waals surface area contributed by atoms with Gasteiger partial charge in [-0.2, -0.15) is 0 Å². The molecule has 6 nitrogen and oxygen atoms in total. The monoisotopic (exact) mass is 308 g/mol. The average molecular weight is 308 g/mol. The molecule has 0 spiro atoms. The van der Waals surface area contributed by atoms with Crippen molar-refractivity contribution >= 4 is 11.9 Å². The minimum Gasteiger partial charge on any atom is -0.334 e. The Labute approximate surface area is 132 Å². The van der Waals surface area contributed by atoms with Crippen molar-refractivity contribution < 1.29 is 9.59 Å². The lowest BCUT2D eigenvalue weighted by molar-refractivity contribution is -0.126. The summed E-state index contributed by atoms with van der Waals surface area (Å²) in [6.45, 7) is 6.50. The minimum absolute atomic E-state index is 0.0481. The zero-order valence-electron chi connectivity index (χ0n) is 13.6.